The number of benzene rings is 4. The van der Waals surface area contributed by atoms with Crippen LogP contribution in [0.15, 0.2) is 97.1 Å². The van der Waals surface area contributed by atoms with Crippen LogP contribution in [0, 0.1) is 35.5 Å². The molecule has 4 N–H and O–H groups in total. The maximum absolute atomic E-state index is 13.6. The number of likely N-dealkylation sites (tertiary alicyclic amines) is 2. The lowest BCUT2D eigenvalue weighted by Crippen LogP contribution is -2.49. The van der Waals surface area contributed by atoms with Crippen molar-refractivity contribution in [3.05, 3.63) is 141 Å². The van der Waals surface area contributed by atoms with Gasteiger partial charge in [-0.3, -0.25) is 19.2 Å². The van der Waals surface area contributed by atoms with Gasteiger partial charge in [0.25, 0.3) is 11.8 Å². The summed E-state index contributed by atoms with van der Waals surface area (Å²) in [6.45, 7) is 7.07. The molecule has 18 nitrogen and oxygen atoms in total. The maximum atomic E-state index is 13.6. The van der Waals surface area contributed by atoms with Crippen LogP contribution in [0.1, 0.15) is 121 Å². The van der Waals surface area contributed by atoms with Crippen molar-refractivity contribution in [2.24, 2.45) is 35.5 Å². The molecule has 4 aliphatic carbocycles. The number of halogens is 2. The van der Waals surface area contributed by atoms with Gasteiger partial charge < -0.3 is 39.3 Å². The van der Waals surface area contributed by atoms with Gasteiger partial charge in [-0.05, 0) is 184 Å². The van der Waals surface area contributed by atoms with Crippen molar-refractivity contribution in [1.82, 2.24) is 19.2 Å². The second-order valence-corrected chi connectivity index (χ2v) is 32.0. The van der Waals surface area contributed by atoms with E-state index in [1.807, 2.05) is 24.3 Å². The van der Waals surface area contributed by atoms with E-state index in [4.69, 9.17) is 32.7 Å². The molecule has 4 amide bonds. The Hall–Kier alpha value is -6.16. The van der Waals surface area contributed by atoms with Crippen LogP contribution >= 0.6 is 23.2 Å². The number of amides is 4. The molecule has 2 spiro atoms. The Morgan fingerprint density at radius 3 is 1.37 bits per heavy atom. The van der Waals surface area contributed by atoms with Gasteiger partial charge in [-0.15, -0.1) is 0 Å². The number of rotatable bonds is 0. The molecule has 12 atom stereocenters. The highest BCUT2D eigenvalue weighted by atomic mass is 35.5. The van der Waals surface area contributed by atoms with Crippen LogP contribution in [0.2, 0.25) is 10.0 Å². The summed E-state index contributed by atoms with van der Waals surface area (Å²) in [5.41, 5.74) is 6.33. The fraction of sp³-hybridized carbons (Fsp3) is 0.529. The number of hydrogen-bond acceptors (Lipinski definition) is 14. The van der Waals surface area contributed by atoms with Crippen LogP contribution < -0.4 is 28.7 Å². The smallest absolute Gasteiger partial charge is 0.264 e. The van der Waals surface area contributed by atoms with E-state index in [9.17, 15) is 46.2 Å². The first-order valence-electron chi connectivity index (χ1n) is 32.0. The van der Waals surface area contributed by atoms with E-state index in [1.54, 1.807) is 48.6 Å². The normalized spacial score (nSPS) is 33.0. The fourth-order valence-corrected chi connectivity index (χ4v) is 20.2. The van der Waals surface area contributed by atoms with E-state index < -0.39 is 66.4 Å². The molecule has 0 unspecified atom stereocenters. The Kier molecular flexibility index (Phi) is 17.2. The standard InChI is InChI=1S/2C34H40ClN3O6S/c2*1-21(39)37-17-25-4-2-6-30(40)27-10-7-24(27)16-38-19-34(13-3-5-22-14-26(35)9-11-28(22)34)20-44-31-12-8-23(15-29(31)38)33(41)36-45(42,43)32(25)18-37/h2*2,6,8-9,11-12,14-15,24-25,27,30,32,40H,3-5,7,10,13,16-20H2,1H3,(H,36,41)/b2*6-2+/t24-,25+,27+,30-,32+,34-;24-,25-,27+,30-,32-,34-/m00/s1. The molecule has 0 radical (unpaired) electrons. The number of aliphatic hydroxyl groups excluding tert-OH is 2. The van der Waals surface area contributed by atoms with E-state index in [1.165, 1.54) is 45.9 Å². The predicted octanol–water partition coefficient (Wildman–Crippen LogP) is 8.13. The van der Waals surface area contributed by atoms with E-state index >= 15 is 0 Å². The number of aryl methyl sites for hydroxylation is 2. The van der Waals surface area contributed by atoms with Crippen LogP contribution in [-0.2, 0) is 53.3 Å². The molecule has 4 aromatic rings. The Bertz CT molecular complexity index is 3570. The van der Waals surface area contributed by atoms with Gasteiger partial charge in [0.05, 0.1) is 36.8 Å². The molecule has 10 aliphatic rings. The highest BCUT2D eigenvalue weighted by molar-refractivity contribution is 7.91. The third-order valence-electron chi connectivity index (χ3n) is 21.8. The molecule has 6 aliphatic heterocycles. The van der Waals surface area contributed by atoms with Gasteiger partial charge in [0.1, 0.15) is 22.0 Å². The summed E-state index contributed by atoms with van der Waals surface area (Å²) in [6.07, 6.45) is 16.3. The summed E-state index contributed by atoms with van der Waals surface area (Å²) in [6, 6.07) is 22.5. The number of aliphatic hydroxyl groups is 2. The first-order valence-corrected chi connectivity index (χ1v) is 35.8. The van der Waals surface area contributed by atoms with Crippen LogP contribution in [0.5, 0.6) is 11.5 Å². The maximum Gasteiger partial charge on any atom is 0.264 e. The van der Waals surface area contributed by atoms with Crippen molar-refractivity contribution in [1.29, 1.82) is 0 Å². The molecule has 14 rings (SSSR count). The van der Waals surface area contributed by atoms with Crippen molar-refractivity contribution in [2.75, 3.05) is 75.4 Å². The van der Waals surface area contributed by atoms with Crippen molar-refractivity contribution < 1.29 is 55.7 Å². The molecule has 2 saturated carbocycles. The number of anilines is 2. The van der Waals surface area contributed by atoms with Gasteiger partial charge in [0.2, 0.25) is 31.9 Å². The minimum Gasteiger partial charge on any atom is -0.490 e. The van der Waals surface area contributed by atoms with E-state index in [-0.39, 0.29) is 83.6 Å². The lowest BCUT2D eigenvalue weighted by atomic mass is 9.68. The minimum atomic E-state index is -4.12. The summed E-state index contributed by atoms with van der Waals surface area (Å²) in [7, 11) is -8.24. The molecular formula is C68H80Cl2N6O12S2. The predicted molar refractivity (Wildman–Crippen MR) is 344 cm³/mol. The van der Waals surface area contributed by atoms with Crippen LogP contribution in [0.4, 0.5) is 11.4 Å². The van der Waals surface area contributed by atoms with Crippen molar-refractivity contribution >= 4 is 78.3 Å². The van der Waals surface area contributed by atoms with E-state index in [0.29, 0.717) is 63.7 Å². The second kappa shape index (κ2) is 24.7. The van der Waals surface area contributed by atoms with Gasteiger partial charge in [-0.25, -0.2) is 26.3 Å². The van der Waals surface area contributed by atoms with Gasteiger partial charge >= 0.3 is 0 Å². The molecule has 6 heterocycles. The highest BCUT2D eigenvalue weighted by Crippen LogP contribution is 2.50. The zero-order valence-electron chi connectivity index (χ0n) is 50.9. The van der Waals surface area contributed by atoms with Gasteiger partial charge in [-0.1, -0.05) is 59.6 Å². The zero-order chi connectivity index (χ0) is 63.0. The molecular weight excluding hydrogens is 1230 g/mol. The van der Waals surface area contributed by atoms with E-state index in [0.717, 1.165) is 85.6 Å². The molecule has 0 aromatic heterocycles. The van der Waals surface area contributed by atoms with Gasteiger partial charge in [0.15, 0.2) is 0 Å². The molecule has 4 bridgehead atoms. The van der Waals surface area contributed by atoms with Gasteiger partial charge in [0, 0.05) is 110 Å². The van der Waals surface area contributed by atoms with E-state index in [2.05, 4.69) is 43.5 Å². The first-order chi connectivity index (χ1) is 43.1. The quantitative estimate of drug-likeness (QED) is 0.122. The van der Waals surface area contributed by atoms with Crippen LogP contribution in [0.3, 0.4) is 0 Å². The summed E-state index contributed by atoms with van der Waals surface area (Å²) in [5, 5.41) is 22.1. The molecule has 4 aromatic carbocycles. The average Bonchev–Trinajstić information content (AvgIpc) is 1.79. The first kappa shape index (κ1) is 62.6. The number of nitrogens with zero attached hydrogens (tertiary/aromatic N) is 4. The molecule has 22 heteroatoms. The zero-order valence-corrected chi connectivity index (χ0v) is 54.1. The largest absolute Gasteiger partial charge is 0.490 e. The SMILES string of the molecule is CC(=O)N1C[C@@H]2C/C=C/[C@H](O)[C@@H]3CC[C@H]3CN3C[C@@]4(CCCc5cc(Cl)ccc54)COc4ccc(cc43)C(=O)NS(=O)(=O)[C@H]2C1.CC(=O)N1C[C@H]2C/C=C/[C@H](O)[C@@H]3CC[C@H]3CN3C[C@@]4(CCCc5cc(Cl)ccc54)COc4ccc(cc43)C(=O)NS(=O)(=O)[C@@H]2C1. The summed E-state index contributed by atoms with van der Waals surface area (Å²) < 4.78 is 72.2. The Balaban J connectivity index is 0.000000165. The minimum absolute atomic E-state index is 0.0181. The van der Waals surface area contributed by atoms with Gasteiger partial charge in [-0.2, -0.15) is 0 Å². The monoisotopic (exact) mass is 1310 g/mol. The molecule has 4 fully saturated rings. The molecule has 480 valence electrons. The Morgan fingerprint density at radius 1 is 0.556 bits per heavy atom. The number of hydrogen-bond donors (Lipinski definition) is 4. The fourth-order valence-electron chi connectivity index (χ4n) is 16.6. The van der Waals surface area contributed by atoms with Crippen molar-refractivity contribution in [3.63, 3.8) is 0 Å². The summed E-state index contributed by atoms with van der Waals surface area (Å²) >= 11 is 12.8. The highest BCUT2D eigenvalue weighted by Gasteiger charge is 2.49. The number of fused-ring (bicyclic) bond motifs is 10. The second-order valence-electron chi connectivity index (χ2n) is 27.3. The number of sulfonamides is 2. The number of carbonyl (C=O) groups excluding carboxylic acids is 4. The number of nitrogens with one attached hydrogen (secondary N) is 2. The van der Waals surface area contributed by atoms with Crippen molar-refractivity contribution in [2.45, 2.75) is 124 Å². The molecule has 90 heavy (non-hydrogen) atoms. The van der Waals surface area contributed by atoms with Crippen LogP contribution in [-0.4, -0.2) is 149 Å². The average molecular weight is 1310 g/mol. The number of allylic oxidation sites excluding steroid dienone is 2. The summed E-state index contributed by atoms with van der Waals surface area (Å²) in [5.74, 6) is -0.693. The molecule has 2 saturated heterocycles. The topological polar surface area (TPSA) is 232 Å². The third kappa shape index (κ3) is 12.1. The Labute approximate surface area is 537 Å². The number of carbonyl (C=O) groups is 4. The number of ether oxygens (including phenoxy) is 2. The van der Waals surface area contributed by atoms with Crippen LogP contribution in [0.25, 0.3) is 0 Å². The Morgan fingerprint density at radius 2 is 0.978 bits per heavy atom. The summed E-state index contributed by atoms with van der Waals surface area (Å²) in [4.78, 5) is 59.2. The van der Waals surface area contributed by atoms with Crippen molar-refractivity contribution in [3.8, 4) is 11.5 Å². The lowest BCUT2D eigenvalue weighted by Gasteiger charge is -2.45. The third-order valence-corrected chi connectivity index (χ3v) is 25.9. The lowest BCUT2D eigenvalue weighted by molar-refractivity contribution is -0.128.